The number of hydrogen-bond acceptors (Lipinski definition) is 4. The molecule has 1 fully saturated rings. The van der Waals surface area contributed by atoms with Crippen LogP contribution >= 0.6 is 0 Å². The van der Waals surface area contributed by atoms with Crippen molar-refractivity contribution >= 4 is 21.7 Å². The lowest BCUT2D eigenvalue weighted by atomic mass is 10.2. The van der Waals surface area contributed by atoms with Crippen LogP contribution in [0.2, 0.25) is 0 Å². The normalized spacial score (nSPS) is 14.7. The number of carboxylic acids is 1. The highest BCUT2D eigenvalue weighted by molar-refractivity contribution is 7.90. The lowest BCUT2D eigenvalue weighted by Crippen LogP contribution is -2.37. The topological polar surface area (TPSA) is 91.8 Å². The molecule has 0 aromatic heterocycles. The summed E-state index contributed by atoms with van der Waals surface area (Å²) in [7, 11) is -3.31. The SMILES string of the molecule is CS(=O)(=O)c1ccc(C(=O)N(CC(=O)O)CC2CC2)cc1. The summed E-state index contributed by atoms with van der Waals surface area (Å²) in [5.41, 5.74) is 0.296. The third-order valence-electron chi connectivity index (χ3n) is 3.32. The van der Waals surface area contributed by atoms with Crippen molar-refractivity contribution in [2.45, 2.75) is 17.7 Å². The molecule has 1 aliphatic rings. The van der Waals surface area contributed by atoms with Crippen molar-refractivity contribution in [2.24, 2.45) is 5.92 Å². The Balaban J connectivity index is 2.17. The number of rotatable bonds is 6. The highest BCUT2D eigenvalue weighted by Gasteiger charge is 2.28. The molecule has 114 valence electrons. The molecule has 1 aromatic carbocycles. The van der Waals surface area contributed by atoms with Crippen molar-refractivity contribution < 1.29 is 23.1 Å². The van der Waals surface area contributed by atoms with E-state index in [1.165, 1.54) is 29.2 Å². The largest absolute Gasteiger partial charge is 0.480 e. The molecule has 1 aliphatic carbocycles. The smallest absolute Gasteiger partial charge is 0.323 e. The standard InChI is InChI=1S/C14H17NO5S/c1-21(19,20)12-6-4-11(5-7-12)14(18)15(9-13(16)17)8-10-2-3-10/h4-7,10H,2-3,8-9H2,1H3,(H,16,17). The van der Waals surface area contributed by atoms with E-state index in [1.54, 1.807) is 0 Å². The van der Waals surface area contributed by atoms with Crippen molar-refractivity contribution in [2.75, 3.05) is 19.3 Å². The Kier molecular flexibility index (Phi) is 4.32. The van der Waals surface area contributed by atoms with Crippen molar-refractivity contribution in [1.82, 2.24) is 4.90 Å². The molecule has 1 amide bonds. The summed E-state index contributed by atoms with van der Waals surface area (Å²) < 4.78 is 22.7. The minimum absolute atomic E-state index is 0.131. The van der Waals surface area contributed by atoms with E-state index in [9.17, 15) is 18.0 Å². The highest BCUT2D eigenvalue weighted by atomic mass is 32.2. The van der Waals surface area contributed by atoms with Crippen LogP contribution in [0.5, 0.6) is 0 Å². The second-order valence-electron chi connectivity index (χ2n) is 5.32. The Labute approximate surface area is 123 Å². The van der Waals surface area contributed by atoms with Gasteiger partial charge in [-0.25, -0.2) is 8.42 Å². The van der Waals surface area contributed by atoms with Gasteiger partial charge in [0.05, 0.1) is 4.90 Å². The molecule has 7 heteroatoms. The van der Waals surface area contributed by atoms with E-state index in [2.05, 4.69) is 0 Å². The van der Waals surface area contributed by atoms with Gasteiger partial charge in [0.15, 0.2) is 9.84 Å². The van der Waals surface area contributed by atoms with Crippen LogP contribution in [0, 0.1) is 5.92 Å². The van der Waals surface area contributed by atoms with Crippen molar-refractivity contribution in [3.05, 3.63) is 29.8 Å². The molecule has 21 heavy (non-hydrogen) atoms. The number of carbonyl (C=O) groups is 2. The molecular formula is C14H17NO5S. The summed E-state index contributed by atoms with van der Waals surface area (Å²) in [6, 6.07) is 5.55. The first-order valence-electron chi connectivity index (χ1n) is 6.58. The van der Waals surface area contributed by atoms with Crippen LogP contribution in [-0.4, -0.2) is 49.6 Å². The maximum atomic E-state index is 12.3. The zero-order chi connectivity index (χ0) is 15.6. The van der Waals surface area contributed by atoms with E-state index in [0.717, 1.165) is 19.1 Å². The molecule has 0 radical (unpaired) electrons. The van der Waals surface area contributed by atoms with E-state index < -0.39 is 15.8 Å². The van der Waals surface area contributed by atoms with Gasteiger partial charge in [-0.1, -0.05) is 0 Å². The van der Waals surface area contributed by atoms with Crippen LogP contribution in [0.3, 0.4) is 0 Å². The highest BCUT2D eigenvalue weighted by Crippen LogP contribution is 2.30. The van der Waals surface area contributed by atoms with E-state index >= 15 is 0 Å². The van der Waals surface area contributed by atoms with Crippen molar-refractivity contribution in [3.8, 4) is 0 Å². The van der Waals surface area contributed by atoms with Gasteiger partial charge in [0.1, 0.15) is 6.54 Å². The van der Waals surface area contributed by atoms with E-state index in [1.807, 2.05) is 0 Å². The molecule has 1 aromatic rings. The van der Waals surface area contributed by atoms with Gasteiger partial charge in [-0.15, -0.1) is 0 Å². The molecule has 0 unspecified atom stereocenters. The predicted molar refractivity (Wildman–Crippen MR) is 75.8 cm³/mol. The molecular weight excluding hydrogens is 294 g/mol. The zero-order valence-electron chi connectivity index (χ0n) is 11.7. The van der Waals surface area contributed by atoms with Crippen LogP contribution in [0.15, 0.2) is 29.2 Å². The number of amides is 1. The van der Waals surface area contributed by atoms with Gasteiger partial charge in [-0.05, 0) is 43.0 Å². The maximum absolute atomic E-state index is 12.3. The third kappa shape index (κ3) is 4.29. The third-order valence-corrected chi connectivity index (χ3v) is 4.45. The van der Waals surface area contributed by atoms with E-state index in [-0.39, 0.29) is 17.3 Å². The number of sulfone groups is 1. The molecule has 0 aliphatic heterocycles. The monoisotopic (exact) mass is 311 g/mol. The Morgan fingerprint density at radius 1 is 1.24 bits per heavy atom. The summed E-state index contributed by atoms with van der Waals surface area (Å²) in [4.78, 5) is 24.6. The predicted octanol–water partition coefficient (Wildman–Crippen LogP) is 1.03. The van der Waals surface area contributed by atoms with Crippen molar-refractivity contribution in [3.63, 3.8) is 0 Å². The average molecular weight is 311 g/mol. The second kappa shape index (κ2) is 5.85. The number of benzene rings is 1. The van der Waals surface area contributed by atoms with Crippen LogP contribution in [0.1, 0.15) is 23.2 Å². The van der Waals surface area contributed by atoms with Gasteiger partial charge < -0.3 is 10.0 Å². The van der Waals surface area contributed by atoms with Gasteiger partial charge in [0.2, 0.25) is 0 Å². The zero-order valence-corrected chi connectivity index (χ0v) is 12.5. The minimum Gasteiger partial charge on any atom is -0.480 e. The van der Waals surface area contributed by atoms with Gasteiger partial charge in [-0.3, -0.25) is 9.59 Å². The first-order valence-corrected chi connectivity index (χ1v) is 8.47. The van der Waals surface area contributed by atoms with E-state index in [0.29, 0.717) is 18.0 Å². The number of carbonyl (C=O) groups excluding carboxylic acids is 1. The fraction of sp³-hybridized carbons (Fsp3) is 0.429. The van der Waals surface area contributed by atoms with Gasteiger partial charge in [0.25, 0.3) is 5.91 Å². The fourth-order valence-electron chi connectivity index (χ4n) is 2.02. The van der Waals surface area contributed by atoms with E-state index in [4.69, 9.17) is 5.11 Å². The number of aliphatic carboxylic acids is 1. The number of nitrogens with zero attached hydrogens (tertiary/aromatic N) is 1. The molecule has 0 spiro atoms. The van der Waals surface area contributed by atoms with Crippen LogP contribution in [-0.2, 0) is 14.6 Å². The summed E-state index contributed by atoms with van der Waals surface area (Å²) in [6.45, 7) is 0.0854. The molecule has 2 rings (SSSR count). The van der Waals surface area contributed by atoms with Crippen LogP contribution < -0.4 is 0 Å². The molecule has 1 N–H and O–H groups in total. The fourth-order valence-corrected chi connectivity index (χ4v) is 2.65. The molecule has 0 atom stereocenters. The quantitative estimate of drug-likeness (QED) is 0.847. The van der Waals surface area contributed by atoms with Gasteiger partial charge in [-0.2, -0.15) is 0 Å². The minimum atomic E-state index is -3.31. The molecule has 0 saturated heterocycles. The Hall–Kier alpha value is -1.89. The van der Waals surface area contributed by atoms with Gasteiger partial charge >= 0.3 is 5.97 Å². The molecule has 0 heterocycles. The Morgan fingerprint density at radius 2 is 1.81 bits per heavy atom. The first kappa shape index (κ1) is 15.5. The maximum Gasteiger partial charge on any atom is 0.323 e. The number of carboxylic acid groups (broad SMARTS) is 1. The van der Waals surface area contributed by atoms with Gasteiger partial charge in [0, 0.05) is 18.4 Å². The lowest BCUT2D eigenvalue weighted by molar-refractivity contribution is -0.137. The molecule has 6 nitrogen and oxygen atoms in total. The Bertz CT molecular complexity index is 646. The second-order valence-corrected chi connectivity index (χ2v) is 7.34. The first-order chi connectivity index (χ1) is 9.77. The molecule has 1 saturated carbocycles. The lowest BCUT2D eigenvalue weighted by Gasteiger charge is -2.20. The summed E-state index contributed by atoms with van der Waals surface area (Å²) in [5.74, 6) is -1.07. The summed E-state index contributed by atoms with van der Waals surface area (Å²) in [6.07, 6.45) is 3.11. The molecule has 0 bridgehead atoms. The number of hydrogen-bond donors (Lipinski definition) is 1. The van der Waals surface area contributed by atoms with Crippen LogP contribution in [0.4, 0.5) is 0 Å². The van der Waals surface area contributed by atoms with Crippen molar-refractivity contribution in [1.29, 1.82) is 0 Å². The summed E-state index contributed by atoms with van der Waals surface area (Å²) in [5, 5.41) is 8.89. The van der Waals surface area contributed by atoms with Crippen LogP contribution in [0.25, 0.3) is 0 Å². The average Bonchev–Trinajstić information content (AvgIpc) is 3.20. The Morgan fingerprint density at radius 3 is 2.24 bits per heavy atom. The summed E-state index contributed by atoms with van der Waals surface area (Å²) >= 11 is 0.